The first-order valence-corrected chi connectivity index (χ1v) is 6.80. The lowest BCUT2D eigenvalue weighted by atomic mass is 9.72. The lowest BCUT2D eigenvalue weighted by Crippen LogP contribution is -2.31. The number of nitrogens with two attached hydrogens (primary N) is 1. The summed E-state index contributed by atoms with van der Waals surface area (Å²) in [6.45, 7) is 0.856. The average Bonchev–Trinajstić information content (AvgIpc) is 2.70. The summed E-state index contributed by atoms with van der Waals surface area (Å²) in [5, 5.41) is 2.94. The molecule has 1 saturated carbocycles. The largest absolute Gasteiger partial charge is 0.404 e. The first kappa shape index (κ1) is 12.6. The number of carbonyl (C=O) groups is 1. The Morgan fingerprint density at radius 2 is 2.24 bits per heavy atom. The van der Waals surface area contributed by atoms with Crippen molar-refractivity contribution in [2.45, 2.75) is 38.1 Å². The van der Waals surface area contributed by atoms with E-state index >= 15 is 0 Å². The van der Waals surface area contributed by atoms with E-state index in [0.29, 0.717) is 12.5 Å². The van der Waals surface area contributed by atoms with Crippen LogP contribution in [-0.4, -0.2) is 24.7 Å². The van der Waals surface area contributed by atoms with E-state index in [4.69, 9.17) is 5.73 Å². The van der Waals surface area contributed by atoms with E-state index in [9.17, 15) is 4.79 Å². The van der Waals surface area contributed by atoms with Crippen molar-refractivity contribution in [3.8, 4) is 0 Å². The Morgan fingerprint density at radius 1 is 1.53 bits per heavy atom. The third-order valence-corrected chi connectivity index (χ3v) is 4.25. The van der Waals surface area contributed by atoms with Crippen LogP contribution in [0.4, 0.5) is 0 Å². The van der Waals surface area contributed by atoms with Gasteiger partial charge >= 0.3 is 0 Å². The average molecular weight is 300 g/mol. The molecule has 1 spiro atoms. The maximum atomic E-state index is 11.3. The predicted molar refractivity (Wildman–Crippen MR) is 72.0 cm³/mol. The first-order valence-electron chi connectivity index (χ1n) is 6.01. The minimum absolute atomic E-state index is 0.209. The van der Waals surface area contributed by atoms with Crippen molar-refractivity contribution in [2.75, 3.05) is 6.54 Å². The summed E-state index contributed by atoms with van der Waals surface area (Å²) in [5.41, 5.74) is 5.58. The van der Waals surface area contributed by atoms with Gasteiger partial charge in [-0.05, 0) is 47.0 Å². The second-order valence-electron chi connectivity index (χ2n) is 5.01. The van der Waals surface area contributed by atoms with E-state index < -0.39 is 0 Å². The summed E-state index contributed by atoms with van der Waals surface area (Å²) in [6.07, 6.45) is 8.30. The predicted octanol–water partition coefficient (Wildman–Crippen LogP) is 1.70. The Balaban J connectivity index is 1.86. The number of hydrogen-bond donors (Lipinski definition) is 2. The van der Waals surface area contributed by atoms with Crippen LogP contribution >= 0.6 is 15.9 Å². The minimum Gasteiger partial charge on any atom is -0.404 e. The van der Waals surface area contributed by atoms with Crippen LogP contribution in [0, 0.1) is 5.41 Å². The maximum Gasteiger partial charge on any atom is 0.220 e. The van der Waals surface area contributed by atoms with Gasteiger partial charge in [-0.15, -0.1) is 0 Å². The highest BCUT2D eigenvalue weighted by Gasteiger charge is 2.40. The number of halogens is 1. The molecule has 2 fully saturated rings. The van der Waals surface area contributed by atoms with E-state index in [1.54, 1.807) is 6.21 Å². The first-order chi connectivity index (χ1) is 8.13. The van der Waals surface area contributed by atoms with Gasteiger partial charge in [-0.3, -0.25) is 9.79 Å². The molecule has 1 aliphatic heterocycles. The van der Waals surface area contributed by atoms with Gasteiger partial charge in [0.2, 0.25) is 5.91 Å². The van der Waals surface area contributed by atoms with Gasteiger partial charge in [0.15, 0.2) is 0 Å². The van der Waals surface area contributed by atoms with Gasteiger partial charge < -0.3 is 11.1 Å². The second kappa shape index (κ2) is 5.21. The van der Waals surface area contributed by atoms with Crippen molar-refractivity contribution < 1.29 is 4.79 Å². The molecule has 94 valence electrons. The van der Waals surface area contributed by atoms with Crippen LogP contribution in [0.15, 0.2) is 15.7 Å². The molecule has 0 aromatic carbocycles. The number of allylic oxidation sites excluding steroid dienone is 1. The van der Waals surface area contributed by atoms with Gasteiger partial charge in [0.25, 0.3) is 0 Å². The number of aliphatic imine (C=N–C) groups is 1. The van der Waals surface area contributed by atoms with Crippen molar-refractivity contribution in [1.29, 1.82) is 0 Å². The van der Waals surface area contributed by atoms with Gasteiger partial charge in [0.1, 0.15) is 0 Å². The van der Waals surface area contributed by atoms with Crippen LogP contribution in [0.25, 0.3) is 0 Å². The van der Waals surface area contributed by atoms with Gasteiger partial charge in [-0.1, -0.05) is 0 Å². The molecule has 5 heteroatoms. The molecule has 1 aliphatic carbocycles. The van der Waals surface area contributed by atoms with E-state index in [0.717, 1.165) is 36.7 Å². The highest BCUT2D eigenvalue weighted by atomic mass is 79.9. The summed E-state index contributed by atoms with van der Waals surface area (Å²) < 4.78 is 0.815. The van der Waals surface area contributed by atoms with Crippen molar-refractivity contribution in [3.63, 3.8) is 0 Å². The normalized spacial score (nSPS) is 34.5. The van der Waals surface area contributed by atoms with Crippen LogP contribution < -0.4 is 11.1 Å². The number of rotatable bonds is 2. The summed E-state index contributed by atoms with van der Waals surface area (Å²) in [5.74, 6) is 0.209. The molecule has 1 heterocycles. The standard InChI is InChI=1S/C12H18BrN3O/c13-9(6-14)7-15-10-1-3-12(4-2-10)5-11(17)16-8-12/h6-7,10H,1-5,8,14H2,(H,16,17)/b9-6+,15-7?. The molecule has 0 radical (unpaired) electrons. The fraction of sp³-hybridized carbons (Fsp3) is 0.667. The molecule has 17 heavy (non-hydrogen) atoms. The number of hydrogen-bond acceptors (Lipinski definition) is 3. The van der Waals surface area contributed by atoms with Crippen molar-refractivity contribution >= 4 is 28.1 Å². The van der Waals surface area contributed by atoms with Crippen LogP contribution in [0.3, 0.4) is 0 Å². The molecule has 4 nitrogen and oxygen atoms in total. The van der Waals surface area contributed by atoms with Gasteiger partial charge in [-0.2, -0.15) is 0 Å². The quantitative estimate of drug-likeness (QED) is 0.762. The lowest BCUT2D eigenvalue weighted by molar-refractivity contribution is -0.119. The van der Waals surface area contributed by atoms with Crippen LogP contribution in [0.2, 0.25) is 0 Å². The molecule has 0 unspecified atom stereocenters. The number of nitrogens with zero attached hydrogens (tertiary/aromatic N) is 1. The molecule has 1 saturated heterocycles. The molecule has 0 atom stereocenters. The van der Waals surface area contributed by atoms with Crippen LogP contribution in [-0.2, 0) is 4.79 Å². The van der Waals surface area contributed by atoms with Crippen molar-refractivity contribution in [3.05, 3.63) is 10.7 Å². The highest BCUT2D eigenvalue weighted by molar-refractivity contribution is 9.12. The van der Waals surface area contributed by atoms with Crippen molar-refractivity contribution in [2.24, 2.45) is 16.1 Å². The molecule has 0 aromatic rings. The van der Waals surface area contributed by atoms with E-state index in [2.05, 4.69) is 26.2 Å². The topological polar surface area (TPSA) is 67.5 Å². The molecule has 2 rings (SSSR count). The zero-order valence-corrected chi connectivity index (χ0v) is 11.4. The lowest BCUT2D eigenvalue weighted by Gasteiger charge is -2.34. The van der Waals surface area contributed by atoms with Gasteiger partial charge in [-0.25, -0.2) is 0 Å². The van der Waals surface area contributed by atoms with E-state index in [1.807, 2.05) is 0 Å². The van der Waals surface area contributed by atoms with E-state index in [1.165, 1.54) is 6.20 Å². The molecule has 2 aliphatic rings. The smallest absolute Gasteiger partial charge is 0.220 e. The van der Waals surface area contributed by atoms with Crippen LogP contribution in [0.5, 0.6) is 0 Å². The maximum absolute atomic E-state index is 11.3. The Kier molecular flexibility index (Phi) is 3.86. The van der Waals surface area contributed by atoms with Crippen LogP contribution in [0.1, 0.15) is 32.1 Å². The molecule has 0 aromatic heterocycles. The minimum atomic E-state index is 0.209. The second-order valence-corrected chi connectivity index (χ2v) is 5.93. The highest BCUT2D eigenvalue weighted by Crippen LogP contribution is 2.42. The molecular weight excluding hydrogens is 282 g/mol. The number of carbonyl (C=O) groups excluding carboxylic acids is 1. The van der Waals surface area contributed by atoms with E-state index in [-0.39, 0.29) is 11.3 Å². The zero-order valence-electron chi connectivity index (χ0n) is 9.79. The summed E-state index contributed by atoms with van der Waals surface area (Å²) in [6, 6.07) is 0.379. The molecule has 3 N–H and O–H groups in total. The summed E-state index contributed by atoms with van der Waals surface area (Å²) in [4.78, 5) is 15.8. The summed E-state index contributed by atoms with van der Waals surface area (Å²) in [7, 11) is 0. The number of amides is 1. The van der Waals surface area contributed by atoms with Crippen molar-refractivity contribution in [1.82, 2.24) is 5.32 Å². The third-order valence-electron chi connectivity index (χ3n) is 3.78. The molecule has 1 amide bonds. The Hall–Kier alpha value is -0.840. The monoisotopic (exact) mass is 299 g/mol. The fourth-order valence-corrected chi connectivity index (χ4v) is 2.81. The summed E-state index contributed by atoms with van der Waals surface area (Å²) >= 11 is 3.30. The number of nitrogens with one attached hydrogen (secondary N) is 1. The van der Waals surface area contributed by atoms with Gasteiger partial charge in [0, 0.05) is 25.4 Å². The Bertz CT molecular complexity index is 357. The SMILES string of the molecule is N/C=C(/Br)C=NC1CCC2(CC1)CNC(=O)C2. The zero-order chi connectivity index (χ0) is 12.3. The third kappa shape index (κ3) is 3.09. The molecule has 0 bridgehead atoms. The van der Waals surface area contributed by atoms with Gasteiger partial charge in [0.05, 0.1) is 10.5 Å². The molecular formula is C12H18BrN3O. The Labute approximate surface area is 110 Å². The Morgan fingerprint density at radius 3 is 2.76 bits per heavy atom. The fourth-order valence-electron chi connectivity index (χ4n) is 2.69.